The van der Waals surface area contributed by atoms with Gasteiger partial charge in [-0.05, 0) is 6.07 Å². The van der Waals surface area contributed by atoms with E-state index in [1.54, 1.807) is 23.0 Å². The molecular formula is C12H14N4O4. The van der Waals surface area contributed by atoms with Gasteiger partial charge in [-0.25, -0.2) is 9.50 Å². The molecule has 0 unspecified atom stereocenters. The molecule has 0 N–H and O–H groups in total. The largest absolute Gasteiger partial charge is 0.468 e. The van der Waals surface area contributed by atoms with E-state index in [2.05, 4.69) is 19.6 Å². The van der Waals surface area contributed by atoms with Crippen molar-refractivity contribution in [1.29, 1.82) is 0 Å². The summed E-state index contributed by atoms with van der Waals surface area (Å²) in [4.78, 5) is 28.6. The van der Waals surface area contributed by atoms with Crippen LogP contribution in [0.25, 0.3) is 5.52 Å². The van der Waals surface area contributed by atoms with Gasteiger partial charge in [0.25, 0.3) is 0 Å². The maximum Gasteiger partial charge on any atom is 0.325 e. The van der Waals surface area contributed by atoms with Crippen LogP contribution >= 0.6 is 0 Å². The average Bonchev–Trinajstić information content (AvgIpc) is 2.94. The van der Waals surface area contributed by atoms with Gasteiger partial charge >= 0.3 is 11.9 Å². The fourth-order valence-electron chi connectivity index (χ4n) is 1.73. The average molecular weight is 278 g/mol. The van der Waals surface area contributed by atoms with Crippen molar-refractivity contribution < 1.29 is 19.1 Å². The van der Waals surface area contributed by atoms with Crippen LogP contribution in [0.2, 0.25) is 0 Å². The minimum atomic E-state index is -0.475. The van der Waals surface area contributed by atoms with Crippen LogP contribution in [0.3, 0.4) is 0 Å². The second kappa shape index (κ2) is 6.00. The second-order valence-electron chi connectivity index (χ2n) is 3.92. The molecule has 0 fully saturated rings. The van der Waals surface area contributed by atoms with E-state index in [-0.39, 0.29) is 13.1 Å². The van der Waals surface area contributed by atoms with E-state index in [0.717, 1.165) is 0 Å². The molecule has 2 rings (SSSR count). The molecule has 2 aromatic rings. The zero-order chi connectivity index (χ0) is 14.5. The quantitative estimate of drug-likeness (QED) is 0.705. The van der Waals surface area contributed by atoms with Gasteiger partial charge in [-0.2, -0.15) is 5.10 Å². The van der Waals surface area contributed by atoms with Crippen LogP contribution in [-0.2, 0) is 19.1 Å². The Morgan fingerprint density at radius 3 is 2.45 bits per heavy atom. The van der Waals surface area contributed by atoms with Gasteiger partial charge in [-0.1, -0.05) is 0 Å². The smallest absolute Gasteiger partial charge is 0.325 e. The Bertz CT molecular complexity index is 607. The first-order valence-electron chi connectivity index (χ1n) is 5.82. The molecule has 0 spiro atoms. The van der Waals surface area contributed by atoms with E-state index in [1.165, 1.54) is 25.3 Å². The SMILES string of the molecule is COC(=O)CN(CC(=O)OC)c1nccn2nccc12. The van der Waals surface area contributed by atoms with E-state index in [1.807, 2.05) is 0 Å². The van der Waals surface area contributed by atoms with Crippen molar-refractivity contribution in [3.8, 4) is 0 Å². The zero-order valence-electron chi connectivity index (χ0n) is 11.1. The first-order valence-corrected chi connectivity index (χ1v) is 5.82. The molecule has 0 saturated carbocycles. The van der Waals surface area contributed by atoms with Crippen LogP contribution < -0.4 is 4.90 Å². The summed E-state index contributed by atoms with van der Waals surface area (Å²) in [7, 11) is 2.57. The monoisotopic (exact) mass is 278 g/mol. The molecule has 8 heteroatoms. The summed E-state index contributed by atoms with van der Waals surface area (Å²) < 4.78 is 10.9. The highest BCUT2D eigenvalue weighted by atomic mass is 16.5. The fraction of sp³-hybridized carbons (Fsp3) is 0.333. The highest BCUT2D eigenvalue weighted by Gasteiger charge is 2.19. The Morgan fingerprint density at radius 2 is 1.85 bits per heavy atom. The van der Waals surface area contributed by atoms with Gasteiger partial charge in [0.2, 0.25) is 0 Å². The summed E-state index contributed by atoms with van der Waals surface area (Å²) in [5, 5.41) is 4.08. The lowest BCUT2D eigenvalue weighted by Crippen LogP contribution is -2.36. The lowest BCUT2D eigenvalue weighted by molar-refractivity contribution is -0.140. The van der Waals surface area contributed by atoms with Crippen molar-refractivity contribution in [2.75, 3.05) is 32.2 Å². The molecule has 0 radical (unpaired) electrons. The molecule has 0 saturated heterocycles. The normalized spacial score (nSPS) is 10.3. The van der Waals surface area contributed by atoms with E-state index in [4.69, 9.17) is 0 Å². The van der Waals surface area contributed by atoms with Gasteiger partial charge < -0.3 is 14.4 Å². The predicted octanol–water partition coefficient (Wildman–Crippen LogP) is -0.118. The fourth-order valence-corrected chi connectivity index (χ4v) is 1.73. The maximum absolute atomic E-state index is 11.5. The number of anilines is 1. The second-order valence-corrected chi connectivity index (χ2v) is 3.92. The van der Waals surface area contributed by atoms with E-state index >= 15 is 0 Å². The molecule has 20 heavy (non-hydrogen) atoms. The zero-order valence-corrected chi connectivity index (χ0v) is 11.1. The van der Waals surface area contributed by atoms with Gasteiger partial charge in [0.15, 0.2) is 5.82 Å². The van der Waals surface area contributed by atoms with E-state index in [0.29, 0.717) is 11.3 Å². The molecule has 0 aliphatic heterocycles. The van der Waals surface area contributed by atoms with Gasteiger partial charge in [0.1, 0.15) is 18.6 Å². The Labute approximate surface area is 114 Å². The summed E-state index contributed by atoms with van der Waals surface area (Å²) >= 11 is 0. The molecule has 0 bridgehead atoms. The molecule has 8 nitrogen and oxygen atoms in total. The molecule has 0 atom stereocenters. The molecule has 0 aliphatic carbocycles. The number of fused-ring (bicyclic) bond motifs is 1. The topological polar surface area (TPSA) is 86.0 Å². The van der Waals surface area contributed by atoms with Gasteiger partial charge in [0, 0.05) is 12.4 Å². The van der Waals surface area contributed by atoms with Crippen LogP contribution in [0, 0.1) is 0 Å². The number of carbonyl (C=O) groups is 2. The number of carbonyl (C=O) groups excluding carboxylic acids is 2. The first kappa shape index (κ1) is 13.8. The summed E-state index contributed by atoms with van der Waals surface area (Å²) in [6.07, 6.45) is 4.82. The van der Waals surface area contributed by atoms with Gasteiger partial charge in [-0.3, -0.25) is 9.59 Å². The van der Waals surface area contributed by atoms with Crippen LogP contribution in [0.1, 0.15) is 0 Å². The van der Waals surface area contributed by atoms with Crippen LogP contribution in [0.15, 0.2) is 24.7 Å². The number of ether oxygens (including phenoxy) is 2. The molecule has 0 amide bonds. The third-order valence-electron chi connectivity index (χ3n) is 2.70. The third-order valence-corrected chi connectivity index (χ3v) is 2.70. The Morgan fingerprint density at radius 1 is 1.20 bits per heavy atom. The number of nitrogens with zero attached hydrogens (tertiary/aromatic N) is 4. The molecular weight excluding hydrogens is 264 g/mol. The number of aromatic nitrogens is 3. The predicted molar refractivity (Wildman–Crippen MR) is 69.2 cm³/mol. The van der Waals surface area contributed by atoms with Crippen molar-refractivity contribution in [3.05, 3.63) is 24.7 Å². The minimum absolute atomic E-state index is 0.108. The van der Waals surface area contributed by atoms with Crippen molar-refractivity contribution in [2.45, 2.75) is 0 Å². The van der Waals surface area contributed by atoms with Crippen molar-refractivity contribution in [2.24, 2.45) is 0 Å². The van der Waals surface area contributed by atoms with Crippen molar-refractivity contribution >= 4 is 23.3 Å². The molecule has 0 aromatic carbocycles. The van der Waals surface area contributed by atoms with Crippen molar-refractivity contribution in [1.82, 2.24) is 14.6 Å². The summed E-state index contributed by atoms with van der Waals surface area (Å²) in [6, 6.07) is 1.74. The third kappa shape index (κ3) is 2.85. The number of hydrogen-bond acceptors (Lipinski definition) is 7. The van der Waals surface area contributed by atoms with Crippen LogP contribution in [0.4, 0.5) is 5.82 Å². The number of hydrogen-bond donors (Lipinski definition) is 0. The van der Waals surface area contributed by atoms with Gasteiger partial charge in [-0.15, -0.1) is 0 Å². The standard InChI is InChI=1S/C12H14N4O4/c1-19-10(17)7-15(8-11(18)20-2)12-9-3-4-14-16(9)6-5-13-12/h3-6H,7-8H2,1-2H3. The summed E-state index contributed by atoms with van der Waals surface area (Å²) in [5.41, 5.74) is 0.681. The van der Waals surface area contributed by atoms with Crippen LogP contribution in [-0.4, -0.2) is 53.8 Å². The molecule has 2 heterocycles. The van der Waals surface area contributed by atoms with Gasteiger partial charge in [0.05, 0.1) is 20.4 Å². The van der Waals surface area contributed by atoms with E-state index < -0.39 is 11.9 Å². The summed E-state index contributed by atoms with van der Waals surface area (Å²) in [6.45, 7) is -0.215. The van der Waals surface area contributed by atoms with E-state index in [9.17, 15) is 9.59 Å². The highest BCUT2D eigenvalue weighted by Crippen LogP contribution is 2.17. The Balaban J connectivity index is 2.36. The Kier molecular flexibility index (Phi) is 4.14. The lowest BCUT2D eigenvalue weighted by atomic mass is 10.4. The Hall–Kier alpha value is -2.64. The highest BCUT2D eigenvalue weighted by molar-refractivity contribution is 5.83. The molecule has 0 aliphatic rings. The minimum Gasteiger partial charge on any atom is -0.468 e. The number of esters is 2. The van der Waals surface area contributed by atoms with Crippen LogP contribution in [0.5, 0.6) is 0 Å². The van der Waals surface area contributed by atoms with Crippen molar-refractivity contribution in [3.63, 3.8) is 0 Å². The molecule has 106 valence electrons. The number of methoxy groups -OCH3 is 2. The lowest BCUT2D eigenvalue weighted by Gasteiger charge is -2.21. The molecule has 2 aromatic heterocycles. The first-order chi connectivity index (χ1) is 9.65. The number of rotatable bonds is 5. The summed E-state index contributed by atoms with van der Waals surface area (Å²) in [5.74, 6) is -0.491. The maximum atomic E-state index is 11.5.